The second kappa shape index (κ2) is 2.34. The molecule has 1 heterocycles. The second-order valence-corrected chi connectivity index (χ2v) is 4.14. The Morgan fingerprint density at radius 1 is 1.31 bits per heavy atom. The van der Waals surface area contributed by atoms with Crippen LogP contribution in [0.5, 0.6) is 0 Å². The van der Waals surface area contributed by atoms with E-state index in [4.69, 9.17) is 5.73 Å². The highest BCUT2D eigenvalue weighted by Crippen LogP contribution is 2.38. The molecule has 2 N–H and O–H groups in total. The van der Waals surface area contributed by atoms with Gasteiger partial charge in [0.1, 0.15) is 5.84 Å². The molecular formula is C11H14N2. The Balaban J connectivity index is 2.65. The van der Waals surface area contributed by atoms with Crippen LogP contribution in [0, 0.1) is 6.92 Å². The number of nitrogens with two attached hydrogens (primary N) is 1. The van der Waals surface area contributed by atoms with Crippen LogP contribution in [0.4, 0.5) is 5.69 Å². The highest BCUT2D eigenvalue weighted by Gasteiger charge is 2.32. The first-order chi connectivity index (χ1) is 6.01. The van der Waals surface area contributed by atoms with Gasteiger partial charge in [-0.1, -0.05) is 12.1 Å². The molecule has 0 saturated heterocycles. The minimum atomic E-state index is -0.0942. The van der Waals surface area contributed by atoms with Crippen LogP contribution in [0.1, 0.15) is 25.0 Å². The molecule has 0 atom stereocenters. The van der Waals surface area contributed by atoms with Crippen molar-refractivity contribution in [3.8, 4) is 0 Å². The fraction of sp³-hybridized carbons (Fsp3) is 0.364. The van der Waals surface area contributed by atoms with Gasteiger partial charge in [-0.2, -0.15) is 0 Å². The summed E-state index contributed by atoms with van der Waals surface area (Å²) in [6, 6.07) is 6.31. The van der Waals surface area contributed by atoms with Crippen molar-refractivity contribution in [2.24, 2.45) is 10.7 Å². The zero-order valence-corrected chi connectivity index (χ0v) is 8.26. The molecular weight excluding hydrogens is 160 g/mol. The number of aliphatic imine (C=N–C) groups is 1. The van der Waals surface area contributed by atoms with E-state index in [1.165, 1.54) is 11.1 Å². The Morgan fingerprint density at radius 2 is 2.00 bits per heavy atom. The van der Waals surface area contributed by atoms with Gasteiger partial charge in [-0.15, -0.1) is 0 Å². The lowest BCUT2D eigenvalue weighted by Gasteiger charge is -2.18. The maximum Gasteiger partial charge on any atom is 0.110 e. The molecule has 0 aromatic heterocycles. The highest BCUT2D eigenvalue weighted by atomic mass is 14.9. The van der Waals surface area contributed by atoms with Gasteiger partial charge in [0.2, 0.25) is 0 Å². The Labute approximate surface area is 78.5 Å². The van der Waals surface area contributed by atoms with Gasteiger partial charge in [-0.05, 0) is 38.0 Å². The first-order valence-electron chi connectivity index (χ1n) is 4.47. The monoisotopic (exact) mass is 174 g/mol. The number of nitrogens with zero attached hydrogens (tertiary/aromatic N) is 1. The van der Waals surface area contributed by atoms with Crippen LogP contribution in [0.3, 0.4) is 0 Å². The number of rotatable bonds is 0. The van der Waals surface area contributed by atoms with Crippen LogP contribution in [-0.2, 0) is 5.41 Å². The first kappa shape index (κ1) is 8.30. The average Bonchev–Trinajstić information content (AvgIpc) is 2.23. The summed E-state index contributed by atoms with van der Waals surface area (Å²) in [5.41, 5.74) is 9.26. The Kier molecular flexibility index (Phi) is 1.50. The van der Waals surface area contributed by atoms with Crippen molar-refractivity contribution in [3.05, 3.63) is 29.3 Å². The van der Waals surface area contributed by atoms with E-state index in [1.54, 1.807) is 0 Å². The largest absolute Gasteiger partial charge is 0.386 e. The molecule has 2 rings (SSSR count). The summed E-state index contributed by atoms with van der Waals surface area (Å²) in [6.45, 7) is 6.28. The molecule has 0 amide bonds. The highest BCUT2D eigenvalue weighted by molar-refractivity contribution is 5.98. The zero-order chi connectivity index (χ0) is 9.64. The minimum absolute atomic E-state index is 0.0942. The van der Waals surface area contributed by atoms with E-state index in [-0.39, 0.29) is 5.41 Å². The van der Waals surface area contributed by atoms with Gasteiger partial charge in [-0.25, -0.2) is 4.99 Å². The van der Waals surface area contributed by atoms with Crippen molar-refractivity contribution < 1.29 is 0 Å². The van der Waals surface area contributed by atoms with E-state index in [0.717, 1.165) is 5.69 Å². The molecule has 13 heavy (non-hydrogen) atoms. The molecule has 2 nitrogen and oxygen atoms in total. The van der Waals surface area contributed by atoms with Crippen molar-refractivity contribution in [1.82, 2.24) is 0 Å². The average molecular weight is 174 g/mol. The zero-order valence-electron chi connectivity index (χ0n) is 8.26. The van der Waals surface area contributed by atoms with Crippen LogP contribution in [0.15, 0.2) is 23.2 Å². The summed E-state index contributed by atoms with van der Waals surface area (Å²) in [7, 11) is 0. The van der Waals surface area contributed by atoms with Gasteiger partial charge in [0.25, 0.3) is 0 Å². The molecule has 0 aliphatic carbocycles. The molecule has 1 aromatic carbocycles. The molecule has 0 radical (unpaired) electrons. The SMILES string of the molecule is Cc1ccc2c(c1)N=C(N)C2(C)C. The quantitative estimate of drug-likeness (QED) is 0.643. The molecule has 0 bridgehead atoms. The van der Waals surface area contributed by atoms with E-state index in [1.807, 2.05) is 0 Å². The van der Waals surface area contributed by atoms with Crippen molar-refractivity contribution in [2.45, 2.75) is 26.2 Å². The normalized spacial score (nSPS) is 18.2. The van der Waals surface area contributed by atoms with Crippen molar-refractivity contribution >= 4 is 11.5 Å². The van der Waals surface area contributed by atoms with Gasteiger partial charge in [0, 0.05) is 5.41 Å². The van der Waals surface area contributed by atoms with Crippen LogP contribution in [-0.4, -0.2) is 5.84 Å². The van der Waals surface area contributed by atoms with Crippen LogP contribution in [0.25, 0.3) is 0 Å². The summed E-state index contributed by atoms with van der Waals surface area (Å²) < 4.78 is 0. The standard InChI is InChI=1S/C11H14N2/c1-7-4-5-8-9(6-7)13-10(12)11(8,2)3/h4-6H,1-3H3,(H2,12,13). The lowest BCUT2D eigenvalue weighted by molar-refractivity contribution is 0.729. The van der Waals surface area contributed by atoms with Crippen molar-refractivity contribution in [1.29, 1.82) is 0 Å². The van der Waals surface area contributed by atoms with Gasteiger partial charge in [0.05, 0.1) is 5.69 Å². The minimum Gasteiger partial charge on any atom is -0.386 e. The van der Waals surface area contributed by atoms with Crippen LogP contribution >= 0.6 is 0 Å². The smallest absolute Gasteiger partial charge is 0.110 e. The van der Waals surface area contributed by atoms with Gasteiger partial charge >= 0.3 is 0 Å². The molecule has 68 valence electrons. The number of aryl methyl sites for hydroxylation is 1. The Morgan fingerprint density at radius 3 is 2.69 bits per heavy atom. The third-order valence-corrected chi connectivity index (χ3v) is 2.71. The molecule has 1 aromatic rings. The predicted octanol–water partition coefficient (Wildman–Crippen LogP) is 2.27. The lowest BCUT2D eigenvalue weighted by atomic mass is 9.84. The number of benzene rings is 1. The third-order valence-electron chi connectivity index (χ3n) is 2.71. The summed E-state index contributed by atoms with van der Waals surface area (Å²) >= 11 is 0. The van der Waals surface area contributed by atoms with Crippen LogP contribution in [0.2, 0.25) is 0 Å². The van der Waals surface area contributed by atoms with Crippen molar-refractivity contribution in [2.75, 3.05) is 0 Å². The summed E-state index contributed by atoms with van der Waals surface area (Å²) in [4.78, 5) is 4.36. The number of amidine groups is 1. The molecule has 0 unspecified atom stereocenters. The van der Waals surface area contributed by atoms with Gasteiger partial charge in [-0.3, -0.25) is 0 Å². The lowest BCUT2D eigenvalue weighted by Crippen LogP contribution is -2.32. The van der Waals surface area contributed by atoms with Gasteiger partial charge in [0.15, 0.2) is 0 Å². The summed E-state index contributed by atoms with van der Waals surface area (Å²) in [5.74, 6) is 0.716. The van der Waals surface area contributed by atoms with Crippen molar-refractivity contribution in [3.63, 3.8) is 0 Å². The molecule has 1 aliphatic heterocycles. The molecule has 0 spiro atoms. The van der Waals surface area contributed by atoms with E-state index >= 15 is 0 Å². The molecule has 0 saturated carbocycles. The summed E-state index contributed by atoms with van der Waals surface area (Å²) in [6.07, 6.45) is 0. The predicted molar refractivity (Wildman–Crippen MR) is 55.5 cm³/mol. The van der Waals surface area contributed by atoms with Gasteiger partial charge < -0.3 is 5.73 Å². The number of hydrogen-bond donors (Lipinski definition) is 1. The molecule has 2 heteroatoms. The van der Waals surface area contributed by atoms with E-state index in [9.17, 15) is 0 Å². The number of hydrogen-bond acceptors (Lipinski definition) is 2. The summed E-state index contributed by atoms with van der Waals surface area (Å²) in [5, 5.41) is 0. The topological polar surface area (TPSA) is 38.4 Å². The maximum atomic E-state index is 5.86. The number of fused-ring (bicyclic) bond motifs is 1. The van der Waals surface area contributed by atoms with E-state index in [2.05, 4.69) is 44.0 Å². The molecule has 1 aliphatic rings. The molecule has 0 fully saturated rings. The fourth-order valence-electron chi connectivity index (χ4n) is 1.67. The third kappa shape index (κ3) is 1.05. The fourth-order valence-corrected chi connectivity index (χ4v) is 1.67. The van der Waals surface area contributed by atoms with Crippen LogP contribution < -0.4 is 5.73 Å². The second-order valence-electron chi connectivity index (χ2n) is 4.14. The van der Waals surface area contributed by atoms with E-state index in [0.29, 0.717) is 5.84 Å². The Hall–Kier alpha value is -1.31. The first-order valence-corrected chi connectivity index (χ1v) is 4.47. The maximum absolute atomic E-state index is 5.86. The van der Waals surface area contributed by atoms with E-state index < -0.39 is 0 Å². The Bertz CT molecular complexity index is 389.